The van der Waals surface area contributed by atoms with Gasteiger partial charge in [0.05, 0.1) is 6.26 Å². The van der Waals surface area contributed by atoms with Crippen LogP contribution in [0.2, 0.25) is 0 Å². The Hall–Kier alpha value is -0.760. The monoisotopic (exact) mass is 148 g/mol. The molecule has 0 atom stereocenters. The van der Waals surface area contributed by atoms with Crippen molar-refractivity contribution >= 4 is 17.6 Å². The molecule has 0 radical (unpaired) electrons. The minimum absolute atomic E-state index is 0.119. The van der Waals surface area contributed by atoms with E-state index >= 15 is 0 Å². The molecule has 0 spiro atoms. The average molecular weight is 149 g/mol. The Kier molecular flexibility index (Phi) is 12.7. The minimum atomic E-state index is -0.475. The second-order valence-corrected chi connectivity index (χ2v) is 1.06. The first kappa shape index (κ1) is 11.1. The summed E-state index contributed by atoms with van der Waals surface area (Å²) in [6, 6.07) is 0. The molecular weight excluding hydrogens is 140 g/mol. The number of halogens is 1. The third-order valence-corrected chi connectivity index (χ3v) is 0.542. The zero-order chi connectivity index (χ0) is 7.70. The summed E-state index contributed by atoms with van der Waals surface area (Å²) < 4.78 is 4.18. The van der Waals surface area contributed by atoms with E-state index in [9.17, 15) is 4.79 Å². The van der Waals surface area contributed by atoms with Crippen molar-refractivity contribution in [2.24, 2.45) is 0 Å². The molecule has 0 aliphatic carbocycles. The van der Waals surface area contributed by atoms with Gasteiger partial charge in [-0.2, -0.15) is 0 Å². The molecule has 0 aromatic heterocycles. The molecule has 2 nitrogen and oxygen atoms in total. The van der Waals surface area contributed by atoms with Crippen LogP contribution in [0.15, 0.2) is 26.0 Å². The molecule has 0 fully saturated rings. The quantitative estimate of drug-likeness (QED) is 0.258. The van der Waals surface area contributed by atoms with Crippen LogP contribution in [-0.2, 0) is 9.53 Å². The molecule has 0 aromatic carbocycles. The summed E-state index contributed by atoms with van der Waals surface area (Å²) >= 11 is 5.01. The molecule has 0 saturated heterocycles. The van der Waals surface area contributed by atoms with Crippen molar-refractivity contribution < 1.29 is 9.53 Å². The average Bonchev–Trinajstić information content (AvgIpc) is 1.93. The predicted octanol–water partition coefficient (Wildman–Crippen LogP) is 1.71. The van der Waals surface area contributed by atoms with Gasteiger partial charge in [0.15, 0.2) is 0 Å². The number of hydrogen-bond donors (Lipinski definition) is 0. The molecule has 0 unspecified atom stereocenters. The fourth-order valence-electron chi connectivity index (χ4n) is 0.124. The first-order valence-corrected chi connectivity index (χ1v) is 2.71. The van der Waals surface area contributed by atoms with Crippen molar-refractivity contribution in [1.82, 2.24) is 0 Å². The summed E-state index contributed by atoms with van der Waals surface area (Å²) in [6.07, 6.45) is 1.05. The van der Waals surface area contributed by atoms with Gasteiger partial charge in [-0.25, -0.2) is 0 Å². The van der Waals surface area contributed by atoms with E-state index in [1.807, 2.05) is 0 Å². The highest BCUT2D eigenvalue weighted by atomic mass is 35.5. The van der Waals surface area contributed by atoms with Gasteiger partial charge >= 0.3 is 5.97 Å². The van der Waals surface area contributed by atoms with Crippen LogP contribution in [0.3, 0.4) is 0 Å². The molecular formula is C6H9ClO2. The first-order chi connectivity index (χ1) is 4.31. The molecule has 0 amide bonds. The Bertz CT molecular complexity index is 91.1. The topological polar surface area (TPSA) is 26.3 Å². The second kappa shape index (κ2) is 10.3. The lowest BCUT2D eigenvalue weighted by molar-refractivity contribution is -0.135. The lowest BCUT2D eigenvalue weighted by Gasteiger charge is -1.87. The van der Waals surface area contributed by atoms with E-state index < -0.39 is 5.97 Å². The highest BCUT2D eigenvalue weighted by molar-refractivity contribution is 6.26. The standard InChI is InChI=1S/C4H5ClO2.C2H4/c1-2-7-4(6)3-5;1-2/h2H,1,3H2;1-2H2. The Morgan fingerprint density at radius 1 is 1.67 bits per heavy atom. The number of esters is 1. The van der Waals surface area contributed by atoms with Crippen LogP contribution in [0.25, 0.3) is 0 Å². The molecule has 0 saturated carbocycles. The number of alkyl halides is 1. The van der Waals surface area contributed by atoms with Crippen LogP contribution in [-0.4, -0.2) is 11.8 Å². The fourth-order valence-corrected chi connectivity index (χ4v) is 0.187. The maximum Gasteiger partial charge on any atom is 0.325 e. The highest BCUT2D eigenvalue weighted by Gasteiger charge is 1.91. The van der Waals surface area contributed by atoms with E-state index in [2.05, 4.69) is 24.5 Å². The summed E-state index contributed by atoms with van der Waals surface area (Å²) in [7, 11) is 0. The molecule has 0 rings (SSSR count). The first-order valence-electron chi connectivity index (χ1n) is 2.17. The third-order valence-electron chi connectivity index (χ3n) is 0.324. The van der Waals surface area contributed by atoms with Crippen LogP contribution in [0.5, 0.6) is 0 Å². The maximum atomic E-state index is 9.99. The number of hydrogen-bond acceptors (Lipinski definition) is 2. The van der Waals surface area contributed by atoms with E-state index in [0.29, 0.717) is 0 Å². The van der Waals surface area contributed by atoms with E-state index in [1.54, 1.807) is 0 Å². The zero-order valence-corrected chi connectivity index (χ0v) is 5.86. The number of rotatable bonds is 2. The Morgan fingerprint density at radius 2 is 2.11 bits per heavy atom. The second-order valence-electron chi connectivity index (χ2n) is 0.790. The van der Waals surface area contributed by atoms with Crippen LogP contribution >= 0.6 is 11.6 Å². The van der Waals surface area contributed by atoms with Gasteiger partial charge in [-0.3, -0.25) is 4.79 Å². The van der Waals surface area contributed by atoms with Crippen LogP contribution in [0.4, 0.5) is 0 Å². The minimum Gasteiger partial charge on any atom is -0.434 e. The Balaban J connectivity index is 0. The van der Waals surface area contributed by atoms with E-state index in [1.165, 1.54) is 0 Å². The molecule has 52 valence electrons. The van der Waals surface area contributed by atoms with Gasteiger partial charge in [0.2, 0.25) is 0 Å². The van der Waals surface area contributed by atoms with E-state index in [4.69, 9.17) is 11.6 Å². The molecule has 0 N–H and O–H groups in total. The van der Waals surface area contributed by atoms with E-state index in [-0.39, 0.29) is 5.88 Å². The number of ether oxygens (including phenoxy) is 1. The van der Waals surface area contributed by atoms with Crippen LogP contribution in [0.1, 0.15) is 0 Å². The van der Waals surface area contributed by atoms with Gasteiger partial charge in [-0.15, -0.1) is 24.8 Å². The summed E-state index contributed by atoms with van der Waals surface area (Å²) in [4.78, 5) is 9.99. The van der Waals surface area contributed by atoms with E-state index in [0.717, 1.165) is 6.26 Å². The van der Waals surface area contributed by atoms with Crippen molar-refractivity contribution in [2.75, 3.05) is 5.88 Å². The van der Waals surface area contributed by atoms with Gasteiger partial charge in [-0.1, -0.05) is 6.58 Å². The largest absolute Gasteiger partial charge is 0.434 e. The molecule has 0 heterocycles. The van der Waals surface area contributed by atoms with Gasteiger partial charge in [-0.05, 0) is 0 Å². The summed E-state index contributed by atoms with van der Waals surface area (Å²) in [5, 5.41) is 0. The summed E-state index contributed by atoms with van der Waals surface area (Å²) in [5.41, 5.74) is 0. The van der Waals surface area contributed by atoms with Crippen LogP contribution < -0.4 is 0 Å². The smallest absolute Gasteiger partial charge is 0.325 e. The van der Waals surface area contributed by atoms with Gasteiger partial charge in [0, 0.05) is 0 Å². The lowest BCUT2D eigenvalue weighted by atomic mass is 10.8. The molecule has 3 heteroatoms. The normalized spacial score (nSPS) is 6.33. The molecule has 0 aliphatic heterocycles. The predicted molar refractivity (Wildman–Crippen MR) is 38.3 cm³/mol. The molecule has 0 bridgehead atoms. The van der Waals surface area contributed by atoms with Gasteiger partial charge < -0.3 is 4.74 Å². The third kappa shape index (κ3) is 11.1. The molecule has 9 heavy (non-hydrogen) atoms. The number of carbonyl (C=O) groups is 1. The Labute approximate surface area is 59.8 Å². The van der Waals surface area contributed by atoms with Crippen molar-refractivity contribution in [1.29, 1.82) is 0 Å². The van der Waals surface area contributed by atoms with Crippen molar-refractivity contribution in [3.63, 3.8) is 0 Å². The van der Waals surface area contributed by atoms with Gasteiger partial charge in [0.25, 0.3) is 0 Å². The van der Waals surface area contributed by atoms with Crippen LogP contribution in [0, 0.1) is 0 Å². The maximum absolute atomic E-state index is 9.99. The van der Waals surface area contributed by atoms with Crippen molar-refractivity contribution in [3.05, 3.63) is 26.0 Å². The lowest BCUT2D eigenvalue weighted by Crippen LogP contribution is -1.98. The summed E-state index contributed by atoms with van der Waals surface area (Å²) in [6.45, 7) is 9.15. The molecule has 0 aliphatic rings. The fraction of sp³-hybridized carbons (Fsp3) is 0.167. The highest BCUT2D eigenvalue weighted by Crippen LogP contribution is 1.80. The summed E-state index contributed by atoms with van der Waals surface area (Å²) in [5.74, 6) is -0.594. The van der Waals surface area contributed by atoms with Crippen molar-refractivity contribution in [2.45, 2.75) is 0 Å². The van der Waals surface area contributed by atoms with Gasteiger partial charge in [0.1, 0.15) is 5.88 Å². The van der Waals surface area contributed by atoms with Crippen molar-refractivity contribution in [3.8, 4) is 0 Å². The molecule has 0 aromatic rings. The number of carbonyl (C=O) groups excluding carboxylic acids is 1. The zero-order valence-electron chi connectivity index (χ0n) is 5.10. The SMILES string of the molecule is C=C.C=COC(=O)CCl. The Morgan fingerprint density at radius 3 is 2.22 bits per heavy atom.